The SMILES string of the molecule is CCCc1onc(C)c1C(=O)N1CC2(C1)OCCC2COCc1ccncc1. The molecule has 0 aliphatic carbocycles. The van der Waals surface area contributed by atoms with Crippen molar-refractivity contribution in [1.29, 1.82) is 0 Å². The number of hydrogen-bond donors (Lipinski definition) is 0. The average Bonchev–Trinajstić information content (AvgIpc) is 3.25. The van der Waals surface area contributed by atoms with Gasteiger partial charge in [0.1, 0.15) is 16.9 Å². The first kappa shape index (κ1) is 19.1. The summed E-state index contributed by atoms with van der Waals surface area (Å²) in [4.78, 5) is 18.9. The third kappa shape index (κ3) is 3.56. The predicted octanol–water partition coefficient (Wildman–Crippen LogP) is 2.78. The molecule has 7 nitrogen and oxygen atoms in total. The summed E-state index contributed by atoms with van der Waals surface area (Å²) in [5, 5.41) is 3.99. The number of aromatic nitrogens is 2. The van der Waals surface area contributed by atoms with Crippen molar-refractivity contribution < 1.29 is 18.8 Å². The topological polar surface area (TPSA) is 77.7 Å². The fourth-order valence-electron chi connectivity index (χ4n) is 4.16. The average molecular weight is 385 g/mol. The van der Waals surface area contributed by atoms with E-state index in [1.54, 1.807) is 12.4 Å². The fraction of sp³-hybridized carbons (Fsp3) is 0.571. The van der Waals surface area contributed by atoms with E-state index in [1.807, 2.05) is 24.0 Å². The summed E-state index contributed by atoms with van der Waals surface area (Å²) in [6.07, 6.45) is 6.15. The van der Waals surface area contributed by atoms with Crippen LogP contribution in [-0.2, 0) is 22.5 Å². The number of likely N-dealkylation sites (tertiary alicyclic amines) is 1. The van der Waals surface area contributed by atoms with E-state index in [4.69, 9.17) is 14.0 Å². The van der Waals surface area contributed by atoms with Crippen LogP contribution in [0, 0.1) is 12.8 Å². The summed E-state index contributed by atoms with van der Waals surface area (Å²) in [5.74, 6) is 0.993. The Morgan fingerprint density at radius 1 is 1.36 bits per heavy atom. The molecule has 0 radical (unpaired) electrons. The monoisotopic (exact) mass is 385 g/mol. The Morgan fingerprint density at radius 3 is 2.89 bits per heavy atom. The van der Waals surface area contributed by atoms with Crippen molar-refractivity contribution in [2.45, 2.75) is 45.3 Å². The van der Waals surface area contributed by atoms with Gasteiger partial charge in [-0.25, -0.2) is 0 Å². The summed E-state index contributed by atoms with van der Waals surface area (Å²) in [6, 6.07) is 3.92. The van der Waals surface area contributed by atoms with Gasteiger partial charge in [-0.15, -0.1) is 0 Å². The van der Waals surface area contributed by atoms with E-state index in [2.05, 4.69) is 17.1 Å². The predicted molar refractivity (Wildman–Crippen MR) is 102 cm³/mol. The van der Waals surface area contributed by atoms with Gasteiger partial charge in [0.25, 0.3) is 5.91 Å². The van der Waals surface area contributed by atoms with Gasteiger partial charge in [-0.2, -0.15) is 0 Å². The van der Waals surface area contributed by atoms with Crippen molar-refractivity contribution in [3.05, 3.63) is 47.1 Å². The highest BCUT2D eigenvalue weighted by molar-refractivity contribution is 5.96. The lowest BCUT2D eigenvalue weighted by Gasteiger charge is -2.50. The molecule has 2 fully saturated rings. The summed E-state index contributed by atoms with van der Waals surface area (Å²) >= 11 is 0. The molecule has 2 aliphatic heterocycles. The molecule has 0 saturated carbocycles. The zero-order valence-electron chi connectivity index (χ0n) is 16.5. The van der Waals surface area contributed by atoms with Crippen LogP contribution >= 0.6 is 0 Å². The van der Waals surface area contributed by atoms with Crippen LogP contribution in [0.15, 0.2) is 29.0 Å². The lowest BCUT2D eigenvalue weighted by Crippen LogP contribution is -2.66. The fourth-order valence-corrected chi connectivity index (χ4v) is 4.16. The van der Waals surface area contributed by atoms with Gasteiger partial charge in [-0.05, 0) is 37.5 Å². The maximum Gasteiger partial charge on any atom is 0.259 e. The van der Waals surface area contributed by atoms with E-state index in [-0.39, 0.29) is 11.5 Å². The van der Waals surface area contributed by atoms with Crippen molar-refractivity contribution in [3.8, 4) is 0 Å². The molecule has 1 atom stereocenters. The van der Waals surface area contributed by atoms with Gasteiger partial charge in [0.15, 0.2) is 0 Å². The first-order chi connectivity index (χ1) is 13.6. The first-order valence-electron chi connectivity index (χ1n) is 9.98. The normalized spacial score (nSPS) is 20.5. The molecule has 2 saturated heterocycles. The van der Waals surface area contributed by atoms with Crippen molar-refractivity contribution in [2.75, 3.05) is 26.3 Å². The molecule has 1 spiro atoms. The molecule has 1 unspecified atom stereocenters. The minimum Gasteiger partial charge on any atom is -0.376 e. The molecule has 4 heterocycles. The van der Waals surface area contributed by atoms with Crippen LogP contribution in [0.3, 0.4) is 0 Å². The van der Waals surface area contributed by atoms with E-state index in [1.165, 1.54) is 0 Å². The lowest BCUT2D eigenvalue weighted by atomic mass is 9.81. The highest BCUT2D eigenvalue weighted by atomic mass is 16.5. The van der Waals surface area contributed by atoms with Crippen molar-refractivity contribution in [3.63, 3.8) is 0 Å². The Kier molecular flexibility index (Phi) is 5.46. The van der Waals surface area contributed by atoms with Crippen LogP contribution in [0.25, 0.3) is 0 Å². The maximum atomic E-state index is 13.0. The molecule has 1 amide bonds. The Labute approximate surface area is 165 Å². The van der Waals surface area contributed by atoms with E-state index >= 15 is 0 Å². The first-order valence-corrected chi connectivity index (χ1v) is 9.98. The summed E-state index contributed by atoms with van der Waals surface area (Å²) in [7, 11) is 0. The standard InChI is InChI=1S/C21H27N3O4/c1-3-4-18-19(15(2)23-28-18)20(25)24-13-21(14-24)17(7-10-27-21)12-26-11-16-5-8-22-9-6-16/h5-6,8-9,17H,3-4,7,10-14H2,1-2H3. The number of pyridine rings is 1. The van der Waals surface area contributed by atoms with Gasteiger partial charge >= 0.3 is 0 Å². The highest BCUT2D eigenvalue weighted by Gasteiger charge is 2.55. The third-order valence-corrected chi connectivity index (χ3v) is 5.77. The highest BCUT2D eigenvalue weighted by Crippen LogP contribution is 2.41. The molecular weight excluding hydrogens is 358 g/mol. The second-order valence-electron chi connectivity index (χ2n) is 7.75. The zero-order chi connectivity index (χ0) is 19.6. The molecule has 28 heavy (non-hydrogen) atoms. The Balaban J connectivity index is 1.34. The van der Waals surface area contributed by atoms with Crippen LogP contribution in [0.2, 0.25) is 0 Å². The minimum atomic E-state index is -0.274. The second kappa shape index (κ2) is 8.01. The molecule has 2 aromatic rings. The van der Waals surface area contributed by atoms with Gasteiger partial charge in [-0.3, -0.25) is 9.78 Å². The van der Waals surface area contributed by atoms with Crippen molar-refractivity contribution >= 4 is 5.91 Å². The van der Waals surface area contributed by atoms with Gasteiger partial charge in [-0.1, -0.05) is 12.1 Å². The number of rotatable bonds is 7. The van der Waals surface area contributed by atoms with Crippen LogP contribution in [0.5, 0.6) is 0 Å². The zero-order valence-corrected chi connectivity index (χ0v) is 16.5. The largest absolute Gasteiger partial charge is 0.376 e. The van der Waals surface area contributed by atoms with Gasteiger partial charge in [0.05, 0.1) is 32.0 Å². The van der Waals surface area contributed by atoms with Gasteiger partial charge in [0.2, 0.25) is 0 Å². The van der Waals surface area contributed by atoms with E-state index in [0.717, 1.165) is 31.4 Å². The second-order valence-corrected chi connectivity index (χ2v) is 7.75. The molecule has 2 aromatic heterocycles. The summed E-state index contributed by atoms with van der Waals surface area (Å²) in [6.45, 7) is 7.02. The van der Waals surface area contributed by atoms with E-state index in [0.29, 0.717) is 49.2 Å². The Hall–Kier alpha value is -2.25. The molecule has 0 bridgehead atoms. The lowest BCUT2D eigenvalue weighted by molar-refractivity contribution is -0.129. The molecule has 0 aromatic carbocycles. The van der Waals surface area contributed by atoms with Crippen LogP contribution < -0.4 is 0 Å². The van der Waals surface area contributed by atoms with Crippen LogP contribution in [-0.4, -0.2) is 52.9 Å². The third-order valence-electron chi connectivity index (χ3n) is 5.77. The summed E-state index contributed by atoms with van der Waals surface area (Å²) in [5.41, 5.74) is 2.13. The van der Waals surface area contributed by atoms with E-state index in [9.17, 15) is 4.79 Å². The van der Waals surface area contributed by atoms with E-state index < -0.39 is 0 Å². The minimum absolute atomic E-state index is 0.000205. The number of carbonyl (C=O) groups is 1. The molecular formula is C21H27N3O4. The number of hydrogen-bond acceptors (Lipinski definition) is 6. The van der Waals surface area contributed by atoms with Crippen molar-refractivity contribution in [1.82, 2.24) is 15.0 Å². The van der Waals surface area contributed by atoms with Gasteiger partial charge < -0.3 is 18.9 Å². The van der Waals surface area contributed by atoms with Crippen LogP contribution in [0.1, 0.15) is 47.1 Å². The molecule has 7 heteroatoms. The maximum absolute atomic E-state index is 13.0. The number of nitrogens with zero attached hydrogens (tertiary/aromatic N) is 3. The quantitative estimate of drug-likeness (QED) is 0.729. The Morgan fingerprint density at radius 2 is 2.14 bits per heavy atom. The number of aryl methyl sites for hydroxylation is 2. The number of amides is 1. The number of ether oxygens (including phenoxy) is 2. The molecule has 2 aliphatic rings. The summed E-state index contributed by atoms with van der Waals surface area (Å²) < 4.78 is 17.4. The Bertz CT molecular complexity index is 814. The molecule has 4 rings (SSSR count). The van der Waals surface area contributed by atoms with Gasteiger partial charge in [0, 0.05) is 31.3 Å². The van der Waals surface area contributed by atoms with Crippen LogP contribution in [0.4, 0.5) is 0 Å². The van der Waals surface area contributed by atoms with Crippen molar-refractivity contribution in [2.24, 2.45) is 5.92 Å². The smallest absolute Gasteiger partial charge is 0.259 e. The number of carbonyl (C=O) groups excluding carboxylic acids is 1. The molecule has 0 N–H and O–H groups in total. The molecule has 150 valence electrons.